The quantitative estimate of drug-likeness (QED) is 0.636. The Balaban J connectivity index is 2.12. The number of hydrogen-bond acceptors (Lipinski definition) is 6. The van der Waals surface area contributed by atoms with E-state index in [0.29, 0.717) is 19.6 Å². The number of nitrogens with one attached hydrogen (secondary N) is 1. The van der Waals surface area contributed by atoms with Gasteiger partial charge >= 0.3 is 0 Å². The number of nitrogens with zero attached hydrogens (tertiary/aromatic N) is 3. The minimum atomic E-state index is -3.39. The van der Waals surface area contributed by atoms with Crippen molar-refractivity contribution in [1.82, 2.24) is 9.62 Å². The summed E-state index contributed by atoms with van der Waals surface area (Å²) in [6, 6.07) is 6.24. The molecular weight excluding hydrogens is 284 g/mol. The van der Waals surface area contributed by atoms with E-state index in [1.807, 2.05) is 0 Å². The van der Waals surface area contributed by atoms with E-state index < -0.39 is 14.9 Å². The third-order valence-electron chi connectivity index (χ3n) is 2.70. The molecule has 9 heteroatoms. The summed E-state index contributed by atoms with van der Waals surface area (Å²) in [6.07, 6.45) is 1.05. The maximum atomic E-state index is 11.2. The van der Waals surface area contributed by atoms with Crippen LogP contribution in [0.4, 0.5) is 5.69 Å². The Hall–Kier alpha value is -2.16. The van der Waals surface area contributed by atoms with E-state index >= 15 is 0 Å². The first-order valence-corrected chi connectivity index (χ1v) is 7.75. The zero-order valence-corrected chi connectivity index (χ0v) is 11.6. The number of benzene rings is 1. The van der Waals surface area contributed by atoms with E-state index in [4.69, 9.17) is 0 Å². The molecule has 8 nitrogen and oxygen atoms in total. The van der Waals surface area contributed by atoms with Crippen molar-refractivity contribution in [3.8, 4) is 0 Å². The first kappa shape index (κ1) is 14.3. The lowest BCUT2D eigenvalue weighted by atomic mass is 10.2. The lowest BCUT2D eigenvalue weighted by Crippen LogP contribution is -2.40. The molecular formula is C11H14N4O4S. The summed E-state index contributed by atoms with van der Waals surface area (Å²) in [5.41, 5.74) is 0.736. The summed E-state index contributed by atoms with van der Waals surface area (Å²) in [5.74, 6) is 0.277. The minimum absolute atomic E-state index is 0.0104. The third kappa shape index (κ3) is 3.67. The second kappa shape index (κ2) is 5.45. The Labute approximate surface area is 116 Å². The zero-order chi connectivity index (χ0) is 14.8. The highest BCUT2D eigenvalue weighted by molar-refractivity contribution is 7.89. The molecule has 0 saturated carbocycles. The van der Waals surface area contributed by atoms with Crippen LogP contribution in [0.3, 0.4) is 0 Å². The van der Waals surface area contributed by atoms with E-state index in [-0.39, 0.29) is 11.6 Å². The Kier molecular flexibility index (Phi) is 3.89. The van der Waals surface area contributed by atoms with Crippen LogP contribution < -0.4 is 4.72 Å². The van der Waals surface area contributed by atoms with Crippen molar-refractivity contribution in [2.45, 2.75) is 6.54 Å². The van der Waals surface area contributed by atoms with E-state index in [1.165, 1.54) is 12.1 Å². The zero-order valence-electron chi connectivity index (χ0n) is 10.8. The van der Waals surface area contributed by atoms with Gasteiger partial charge in [-0.1, -0.05) is 12.1 Å². The van der Waals surface area contributed by atoms with Crippen molar-refractivity contribution in [3.05, 3.63) is 39.9 Å². The van der Waals surface area contributed by atoms with Crippen molar-refractivity contribution in [3.63, 3.8) is 0 Å². The standard InChI is InChI=1S/C11H14N4O4S/c1-20(18,19)13-11-12-5-6-14(11)8-9-3-2-4-10(7-9)15(16)17/h2-4,7H,5-6,8H2,1H3,(H,12,13). The topological polar surface area (TPSA) is 105 Å². The summed E-state index contributed by atoms with van der Waals surface area (Å²) in [4.78, 5) is 16.1. The molecule has 0 bridgehead atoms. The van der Waals surface area contributed by atoms with Crippen LogP contribution >= 0.6 is 0 Å². The van der Waals surface area contributed by atoms with E-state index in [0.717, 1.165) is 11.8 Å². The van der Waals surface area contributed by atoms with Crippen LogP contribution in [0.25, 0.3) is 0 Å². The molecule has 0 unspecified atom stereocenters. The van der Waals surface area contributed by atoms with Crippen molar-refractivity contribution >= 4 is 21.7 Å². The van der Waals surface area contributed by atoms with E-state index in [9.17, 15) is 18.5 Å². The van der Waals surface area contributed by atoms with Crippen LogP contribution in [-0.2, 0) is 16.6 Å². The fraction of sp³-hybridized carbons (Fsp3) is 0.364. The van der Waals surface area contributed by atoms with Gasteiger partial charge in [0.05, 0.1) is 17.7 Å². The Morgan fingerprint density at radius 1 is 1.50 bits per heavy atom. The van der Waals surface area contributed by atoms with Gasteiger partial charge in [0.2, 0.25) is 16.0 Å². The first-order chi connectivity index (χ1) is 9.35. The van der Waals surface area contributed by atoms with Crippen LogP contribution in [0.5, 0.6) is 0 Å². The predicted molar refractivity (Wildman–Crippen MR) is 73.8 cm³/mol. The highest BCUT2D eigenvalue weighted by Gasteiger charge is 2.20. The molecule has 0 radical (unpaired) electrons. The largest absolute Gasteiger partial charge is 0.336 e. The number of sulfonamides is 1. The van der Waals surface area contributed by atoms with E-state index in [1.54, 1.807) is 17.0 Å². The molecule has 20 heavy (non-hydrogen) atoms. The molecule has 0 amide bonds. The van der Waals surface area contributed by atoms with Crippen LogP contribution in [0.2, 0.25) is 0 Å². The lowest BCUT2D eigenvalue weighted by molar-refractivity contribution is -0.384. The molecule has 108 valence electrons. The SMILES string of the molecule is CS(=O)(=O)NC1=NCCN1Cc1cccc([N+](=O)[O-])c1. The molecule has 0 fully saturated rings. The summed E-state index contributed by atoms with van der Waals surface area (Å²) in [7, 11) is -3.39. The predicted octanol–water partition coefficient (Wildman–Crippen LogP) is 0.316. The van der Waals surface area contributed by atoms with Gasteiger partial charge in [-0.3, -0.25) is 19.8 Å². The molecule has 1 aliphatic rings. The Bertz CT molecular complexity index is 656. The van der Waals surface area contributed by atoms with Gasteiger partial charge in [0.1, 0.15) is 0 Å². The lowest BCUT2D eigenvalue weighted by Gasteiger charge is -2.20. The average molecular weight is 298 g/mol. The van der Waals surface area contributed by atoms with Crippen LogP contribution in [0.15, 0.2) is 29.3 Å². The van der Waals surface area contributed by atoms with Gasteiger partial charge < -0.3 is 4.90 Å². The summed E-state index contributed by atoms with van der Waals surface area (Å²) in [6.45, 7) is 1.43. The smallest absolute Gasteiger partial charge is 0.269 e. The fourth-order valence-corrected chi connectivity index (χ4v) is 2.41. The molecule has 1 aromatic carbocycles. The van der Waals surface area contributed by atoms with Crippen LogP contribution in [0, 0.1) is 10.1 Å². The maximum absolute atomic E-state index is 11.2. The second-order valence-electron chi connectivity index (χ2n) is 4.43. The normalized spacial score (nSPS) is 15.1. The molecule has 0 atom stereocenters. The van der Waals surface area contributed by atoms with Crippen molar-refractivity contribution < 1.29 is 13.3 Å². The monoisotopic (exact) mass is 298 g/mol. The number of rotatable bonds is 4. The van der Waals surface area contributed by atoms with Crippen LogP contribution in [0.1, 0.15) is 5.56 Å². The summed E-state index contributed by atoms with van der Waals surface area (Å²) in [5, 5.41) is 10.7. The molecule has 1 aromatic rings. The number of aliphatic imine (C=N–C) groups is 1. The molecule has 1 N–H and O–H groups in total. The van der Waals surface area contributed by atoms with Crippen LogP contribution in [-0.4, -0.2) is 43.5 Å². The highest BCUT2D eigenvalue weighted by atomic mass is 32.2. The van der Waals surface area contributed by atoms with Gasteiger partial charge in [0.25, 0.3) is 5.69 Å². The number of non-ortho nitro benzene ring substituents is 1. The van der Waals surface area contributed by atoms with Gasteiger partial charge in [-0.15, -0.1) is 0 Å². The molecule has 1 heterocycles. The third-order valence-corrected chi connectivity index (χ3v) is 3.26. The molecule has 0 aromatic heterocycles. The van der Waals surface area contributed by atoms with Gasteiger partial charge in [0, 0.05) is 25.2 Å². The fourth-order valence-electron chi connectivity index (χ4n) is 1.89. The number of guanidine groups is 1. The van der Waals surface area contributed by atoms with Crippen molar-refractivity contribution in [2.24, 2.45) is 4.99 Å². The molecule has 2 rings (SSSR count). The number of nitro groups is 1. The average Bonchev–Trinajstić information content (AvgIpc) is 2.74. The minimum Gasteiger partial charge on any atom is -0.336 e. The van der Waals surface area contributed by atoms with Crippen molar-refractivity contribution in [2.75, 3.05) is 19.3 Å². The summed E-state index contributed by atoms with van der Waals surface area (Å²) < 4.78 is 24.8. The Morgan fingerprint density at radius 3 is 2.90 bits per heavy atom. The second-order valence-corrected chi connectivity index (χ2v) is 6.18. The van der Waals surface area contributed by atoms with Gasteiger partial charge in [0.15, 0.2) is 0 Å². The molecule has 0 spiro atoms. The number of nitro benzene ring substituents is 1. The first-order valence-electron chi connectivity index (χ1n) is 5.86. The van der Waals surface area contributed by atoms with E-state index in [2.05, 4.69) is 9.71 Å². The molecule has 0 saturated heterocycles. The maximum Gasteiger partial charge on any atom is 0.269 e. The van der Waals surface area contributed by atoms with Crippen molar-refractivity contribution in [1.29, 1.82) is 0 Å². The molecule has 0 aliphatic carbocycles. The Morgan fingerprint density at radius 2 is 2.25 bits per heavy atom. The summed E-state index contributed by atoms with van der Waals surface area (Å²) >= 11 is 0. The van der Waals surface area contributed by atoms with Gasteiger partial charge in [-0.25, -0.2) is 8.42 Å². The van der Waals surface area contributed by atoms with Gasteiger partial charge in [-0.2, -0.15) is 0 Å². The number of hydrogen-bond donors (Lipinski definition) is 1. The van der Waals surface area contributed by atoms with Gasteiger partial charge in [-0.05, 0) is 5.56 Å². The highest BCUT2D eigenvalue weighted by Crippen LogP contribution is 2.15. The molecule has 1 aliphatic heterocycles.